The molecule has 0 bridgehead atoms. The molecule has 0 fully saturated rings. The van der Waals surface area contributed by atoms with Crippen LogP contribution in [-0.2, 0) is 4.79 Å². The molecule has 2 amide bonds. The Kier molecular flexibility index (Phi) is 5.54. The molecule has 1 rings (SSSR count). The van der Waals surface area contributed by atoms with Gasteiger partial charge in [-0.05, 0) is 19.1 Å². The Morgan fingerprint density at radius 1 is 1.39 bits per heavy atom. The summed E-state index contributed by atoms with van der Waals surface area (Å²) in [6, 6.07) is 3.19. The molecule has 1 aromatic heterocycles. The maximum Gasteiger partial charge on any atom is 0.253 e. The van der Waals surface area contributed by atoms with Gasteiger partial charge in [0.25, 0.3) is 5.91 Å². The van der Waals surface area contributed by atoms with Crippen LogP contribution in [0.1, 0.15) is 16.1 Å². The third-order valence-corrected chi connectivity index (χ3v) is 2.39. The number of carbonyl (C=O) groups is 2. The summed E-state index contributed by atoms with van der Waals surface area (Å²) in [6.45, 7) is 2.67. The second-order valence-electron chi connectivity index (χ2n) is 3.67. The molecule has 0 atom stereocenters. The molecule has 0 aromatic carbocycles. The van der Waals surface area contributed by atoms with E-state index in [-0.39, 0.29) is 12.5 Å². The van der Waals surface area contributed by atoms with Crippen molar-refractivity contribution in [1.29, 1.82) is 0 Å². The highest BCUT2D eigenvalue weighted by molar-refractivity contribution is 6.29. The van der Waals surface area contributed by atoms with Crippen molar-refractivity contribution in [2.45, 2.75) is 6.92 Å². The number of carbonyl (C=O) groups excluding carboxylic acids is 2. The van der Waals surface area contributed by atoms with Gasteiger partial charge in [-0.15, -0.1) is 0 Å². The minimum atomic E-state index is -0.431. The van der Waals surface area contributed by atoms with Crippen LogP contribution in [0, 0.1) is 6.92 Å². The quantitative estimate of drug-likeness (QED) is 0.495. The first-order chi connectivity index (χ1) is 8.50. The number of aryl methyl sites for hydroxylation is 1. The molecular weight excluding hydrogens is 256 g/mol. The summed E-state index contributed by atoms with van der Waals surface area (Å²) in [5.41, 5.74) is 6.01. The lowest BCUT2D eigenvalue weighted by Gasteiger charge is -2.07. The largest absolute Gasteiger partial charge is 0.369 e. The molecule has 0 aliphatic carbocycles. The number of rotatable bonds is 6. The zero-order valence-electron chi connectivity index (χ0n) is 10.00. The molecule has 98 valence electrons. The first-order valence-electron chi connectivity index (χ1n) is 5.41. The fraction of sp³-hybridized carbons (Fsp3) is 0.364. The maximum atomic E-state index is 11.8. The highest BCUT2D eigenvalue weighted by Crippen LogP contribution is 2.10. The highest BCUT2D eigenvalue weighted by atomic mass is 35.5. The minimum Gasteiger partial charge on any atom is -0.369 e. The van der Waals surface area contributed by atoms with Gasteiger partial charge >= 0.3 is 0 Å². The molecule has 0 aliphatic heterocycles. The van der Waals surface area contributed by atoms with E-state index in [1.165, 1.54) is 0 Å². The molecule has 7 heteroatoms. The average molecular weight is 271 g/mol. The Labute approximate surface area is 110 Å². The summed E-state index contributed by atoms with van der Waals surface area (Å²) in [5.74, 6) is -0.656. The molecule has 0 spiro atoms. The molecule has 18 heavy (non-hydrogen) atoms. The second-order valence-corrected chi connectivity index (χ2v) is 4.05. The smallest absolute Gasteiger partial charge is 0.253 e. The van der Waals surface area contributed by atoms with Crippen LogP contribution in [0.3, 0.4) is 0 Å². The van der Waals surface area contributed by atoms with E-state index in [2.05, 4.69) is 15.6 Å². The van der Waals surface area contributed by atoms with Crippen LogP contribution in [0.2, 0.25) is 5.15 Å². The molecule has 0 aliphatic rings. The monoisotopic (exact) mass is 270 g/mol. The summed E-state index contributed by atoms with van der Waals surface area (Å²) in [7, 11) is 0. The molecule has 1 heterocycles. The van der Waals surface area contributed by atoms with Gasteiger partial charge in [0, 0.05) is 13.1 Å². The molecule has 0 unspecified atom stereocenters. The first kappa shape index (κ1) is 14.4. The number of primary amides is 1. The molecule has 0 radical (unpaired) electrons. The number of amides is 2. The minimum absolute atomic E-state index is 0.0946. The van der Waals surface area contributed by atoms with Crippen molar-refractivity contribution in [3.63, 3.8) is 0 Å². The van der Waals surface area contributed by atoms with Crippen molar-refractivity contribution in [1.82, 2.24) is 15.6 Å². The predicted octanol–water partition coefficient (Wildman–Crippen LogP) is -0.152. The average Bonchev–Trinajstić information content (AvgIpc) is 2.27. The molecule has 6 nitrogen and oxygen atoms in total. The number of nitrogens with one attached hydrogen (secondary N) is 2. The van der Waals surface area contributed by atoms with Crippen LogP contribution < -0.4 is 16.4 Å². The van der Waals surface area contributed by atoms with Gasteiger partial charge in [0.05, 0.1) is 17.8 Å². The molecule has 0 saturated carbocycles. The Morgan fingerprint density at radius 2 is 2.11 bits per heavy atom. The molecule has 4 N–H and O–H groups in total. The number of hydrogen-bond acceptors (Lipinski definition) is 4. The van der Waals surface area contributed by atoms with E-state index in [0.29, 0.717) is 29.5 Å². The van der Waals surface area contributed by atoms with Gasteiger partial charge < -0.3 is 16.4 Å². The number of pyridine rings is 1. The van der Waals surface area contributed by atoms with E-state index >= 15 is 0 Å². The highest BCUT2D eigenvalue weighted by Gasteiger charge is 2.09. The fourth-order valence-corrected chi connectivity index (χ4v) is 1.53. The van der Waals surface area contributed by atoms with Crippen molar-refractivity contribution in [3.8, 4) is 0 Å². The predicted molar refractivity (Wildman–Crippen MR) is 68.4 cm³/mol. The van der Waals surface area contributed by atoms with Crippen LogP contribution in [-0.4, -0.2) is 36.4 Å². The van der Waals surface area contributed by atoms with Gasteiger partial charge in [0.2, 0.25) is 5.91 Å². The third-order valence-electron chi connectivity index (χ3n) is 2.18. The Bertz CT molecular complexity index is 451. The Hall–Kier alpha value is -1.66. The molecular formula is C11H15ClN4O2. The summed E-state index contributed by atoms with van der Waals surface area (Å²) < 4.78 is 0. The lowest BCUT2D eigenvalue weighted by molar-refractivity contribution is -0.117. The number of nitrogens with zero attached hydrogens (tertiary/aromatic N) is 1. The lowest BCUT2D eigenvalue weighted by Crippen LogP contribution is -2.36. The van der Waals surface area contributed by atoms with Crippen LogP contribution >= 0.6 is 11.6 Å². The van der Waals surface area contributed by atoms with E-state index in [4.69, 9.17) is 17.3 Å². The van der Waals surface area contributed by atoms with E-state index in [1.54, 1.807) is 19.1 Å². The topological polar surface area (TPSA) is 97.1 Å². The summed E-state index contributed by atoms with van der Waals surface area (Å²) >= 11 is 5.70. The zero-order valence-corrected chi connectivity index (χ0v) is 10.8. The number of hydrogen-bond donors (Lipinski definition) is 3. The van der Waals surface area contributed by atoms with Gasteiger partial charge in [-0.3, -0.25) is 9.59 Å². The first-order valence-corrected chi connectivity index (χ1v) is 5.79. The third kappa shape index (κ3) is 4.68. The van der Waals surface area contributed by atoms with E-state index in [1.807, 2.05) is 0 Å². The molecule has 1 aromatic rings. The van der Waals surface area contributed by atoms with E-state index in [9.17, 15) is 9.59 Å². The maximum absolute atomic E-state index is 11.8. The van der Waals surface area contributed by atoms with Crippen molar-refractivity contribution in [3.05, 3.63) is 28.5 Å². The van der Waals surface area contributed by atoms with Crippen molar-refractivity contribution >= 4 is 23.4 Å². The molecule has 0 saturated heterocycles. The number of nitrogens with two attached hydrogens (primary N) is 1. The van der Waals surface area contributed by atoms with Crippen LogP contribution in [0.5, 0.6) is 0 Å². The van der Waals surface area contributed by atoms with Gasteiger partial charge in [-0.25, -0.2) is 4.98 Å². The zero-order chi connectivity index (χ0) is 13.5. The summed E-state index contributed by atoms with van der Waals surface area (Å²) in [4.78, 5) is 26.2. The normalized spacial score (nSPS) is 10.1. The van der Waals surface area contributed by atoms with E-state index in [0.717, 1.165) is 0 Å². The van der Waals surface area contributed by atoms with Gasteiger partial charge in [-0.1, -0.05) is 11.6 Å². The number of aromatic nitrogens is 1. The lowest BCUT2D eigenvalue weighted by atomic mass is 10.2. The van der Waals surface area contributed by atoms with Gasteiger partial charge in [0.1, 0.15) is 5.15 Å². The van der Waals surface area contributed by atoms with Crippen molar-refractivity contribution in [2.75, 3.05) is 19.6 Å². The standard InChI is InChI=1S/C11H15ClN4O2/c1-7-8(2-3-9(12)16-7)11(18)15-5-4-14-6-10(13)17/h2-3,14H,4-6H2,1H3,(H2,13,17)(H,15,18). The Balaban J connectivity index is 2.39. The van der Waals surface area contributed by atoms with Crippen LogP contribution in [0.15, 0.2) is 12.1 Å². The SMILES string of the molecule is Cc1nc(Cl)ccc1C(=O)NCCNCC(N)=O. The van der Waals surface area contributed by atoms with Crippen molar-refractivity contribution in [2.24, 2.45) is 5.73 Å². The van der Waals surface area contributed by atoms with Crippen LogP contribution in [0.4, 0.5) is 0 Å². The van der Waals surface area contributed by atoms with Crippen molar-refractivity contribution < 1.29 is 9.59 Å². The van der Waals surface area contributed by atoms with E-state index < -0.39 is 5.91 Å². The van der Waals surface area contributed by atoms with Gasteiger partial charge in [-0.2, -0.15) is 0 Å². The summed E-state index contributed by atoms with van der Waals surface area (Å²) in [6.07, 6.45) is 0. The van der Waals surface area contributed by atoms with Crippen LogP contribution in [0.25, 0.3) is 0 Å². The summed E-state index contributed by atoms with van der Waals surface area (Å²) in [5, 5.41) is 5.84. The Morgan fingerprint density at radius 3 is 2.72 bits per heavy atom. The number of halogens is 1. The fourth-order valence-electron chi connectivity index (χ4n) is 1.34. The van der Waals surface area contributed by atoms with Gasteiger partial charge in [0.15, 0.2) is 0 Å². The second kappa shape index (κ2) is 6.93.